The lowest BCUT2D eigenvalue weighted by molar-refractivity contribution is -0.122. The number of pyridine rings is 1. The second kappa shape index (κ2) is 9.06. The van der Waals surface area contributed by atoms with Gasteiger partial charge in [0.2, 0.25) is 5.91 Å². The normalized spacial score (nSPS) is 16.0. The van der Waals surface area contributed by atoms with Crippen LogP contribution in [-0.4, -0.2) is 36.7 Å². The number of aliphatic hydroxyl groups is 1. The first kappa shape index (κ1) is 22.4. The zero-order valence-electron chi connectivity index (χ0n) is 18.1. The number of hydrogen-bond acceptors (Lipinski definition) is 3. The first-order valence-electron chi connectivity index (χ1n) is 10.2. The summed E-state index contributed by atoms with van der Waals surface area (Å²) in [5, 5.41) is 10.8. The fraction of sp³-hybridized carbons (Fsp3) is 0.565. The van der Waals surface area contributed by atoms with Crippen molar-refractivity contribution in [1.29, 1.82) is 0 Å². The molecule has 2 heterocycles. The van der Waals surface area contributed by atoms with E-state index in [1.165, 1.54) is 6.08 Å². The molecular weight excluding hydrogens is 364 g/mol. The molecule has 1 aromatic rings. The summed E-state index contributed by atoms with van der Waals surface area (Å²) in [6.45, 7) is 17.8. The number of nitrogens with zero attached hydrogens (tertiary/aromatic N) is 2. The molecule has 0 saturated heterocycles. The molecule has 1 aliphatic rings. The Bertz CT molecular complexity index is 755. The van der Waals surface area contributed by atoms with E-state index in [2.05, 4.69) is 64.6 Å². The van der Waals surface area contributed by atoms with E-state index in [1.807, 2.05) is 12.1 Å². The van der Waals surface area contributed by atoms with E-state index in [0.717, 1.165) is 12.0 Å². The van der Waals surface area contributed by atoms with E-state index in [0.29, 0.717) is 29.0 Å². The fourth-order valence-corrected chi connectivity index (χ4v) is 9.95. The monoisotopic (exact) mass is 398 g/mol. The molecule has 0 radical (unpaired) electrons. The summed E-state index contributed by atoms with van der Waals surface area (Å²) in [4.78, 5) is 19.1. The van der Waals surface area contributed by atoms with Crippen LogP contribution < -0.4 is 4.90 Å². The number of carbonyl (C=O) groups is 1. The second-order valence-electron chi connectivity index (χ2n) is 8.60. The molecule has 5 heteroatoms. The molecule has 0 aliphatic carbocycles. The van der Waals surface area contributed by atoms with Crippen LogP contribution >= 0.6 is 0 Å². The van der Waals surface area contributed by atoms with E-state index in [9.17, 15) is 9.90 Å². The summed E-state index contributed by atoms with van der Waals surface area (Å²) in [6, 6.07) is 3.87. The second-order valence-corrected chi connectivity index (χ2v) is 14.2. The van der Waals surface area contributed by atoms with Crippen molar-refractivity contribution < 1.29 is 9.90 Å². The van der Waals surface area contributed by atoms with Crippen molar-refractivity contribution in [2.24, 2.45) is 5.92 Å². The highest BCUT2D eigenvalue weighted by atomic mass is 28.3. The Morgan fingerprint density at radius 1 is 1.25 bits per heavy atom. The lowest BCUT2D eigenvalue weighted by atomic mass is 10.0. The number of rotatable bonds is 6. The quantitative estimate of drug-likeness (QED) is 0.440. The molecule has 1 aliphatic heterocycles. The largest absolute Gasteiger partial charge is 0.379 e. The third-order valence-electron chi connectivity index (χ3n) is 6.18. The van der Waals surface area contributed by atoms with Gasteiger partial charge in [-0.25, -0.2) is 4.98 Å². The summed E-state index contributed by atoms with van der Waals surface area (Å²) in [5.41, 5.74) is 5.99. The molecule has 0 saturated carbocycles. The zero-order chi connectivity index (χ0) is 21.1. The lowest BCUT2D eigenvalue weighted by Crippen LogP contribution is -2.44. The van der Waals surface area contributed by atoms with Crippen LogP contribution in [0.1, 0.15) is 47.1 Å². The van der Waals surface area contributed by atoms with Crippen LogP contribution in [0.3, 0.4) is 0 Å². The first-order valence-corrected chi connectivity index (χ1v) is 12.5. The molecule has 2 atom stereocenters. The van der Waals surface area contributed by atoms with Gasteiger partial charge in [-0.3, -0.25) is 9.69 Å². The molecule has 0 unspecified atom stereocenters. The molecule has 152 valence electrons. The van der Waals surface area contributed by atoms with Gasteiger partial charge in [-0.05, 0) is 34.7 Å². The van der Waals surface area contributed by atoms with Crippen LogP contribution in [0.2, 0.25) is 16.6 Å². The Labute approximate surface area is 171 Å². The number of hydrogen-bond donors (Lipinski definition) is 1. The van der Waals surface area contributed by atoms with Crippen molar-refractivity contribution in [3.05, 3.63) is 36.5 Å². The topological polar surface area (TPSA) is 53.4 Å². The minimum absolute atomic E-state index is 0.180. The third-order valence-corrected chi connectivity index (χ3v) is 12.5. The SMILES string of the molecule is C=C[C@@H](C(=O)N1CCc2cccnc21)[C@H](O)C#C[Si](C(C)C)(C(C)C)C(C)C. The third kappa shape index (κ3) is 4.08. The molecule has 0 bridgehead atoms. The smallest absolute Gasteiger partial charge is 0.238 e. The van der Waals surface area contributed by atoms with E-state index < -0.39 is 20.1 Å². The Morgan fingerprint density at radius 3 is 2.39 bits per heavy atom. The van der Waals surface area contributed by atoms with Gasteiger partial charge in [0.15, 0.2) is 0 Å². The molecule has 1 N–H and O–H groups in total. The number of aliphatic hydroxyl groups excluding tert-OH is 1. The minimum Gasteiger partial charge on any atom is -0.379 e. The lowest BCUT2D eigenvalue weighted by Gasteiger charge is -2.38. The van der Waals surface area contributed by atoms with Crippen molar-refractivity contribution in [2.45, 2.75) is 70.7 Å². The summed E-state index contributed by atoms with van der Waals surface area (Å²) in [6.07, 6.45) is 2.94. The molecule has 0 fully saturated rings. The summed E-state index contributed by atoms with van der Waals surface area (Å²) < 4.78 is 0. The average Bonchev–Trinajstić information content (AvgIpc) is 3.05. The average molecular weight is 399 g/mol. The number of aromatic nitrogens is 1. The maximum Gasteiger partial charge on any atom is 0.238 e. The van der Waals surface area contributed by atoms with Crippen molar-refractivity contribution in [2.75, 3.05) is 11.4 Å². The minimum atomic E-state index is -1.97. The Morgan fingerprint density at radius 2 is 1.86 bits per heavy atom. The highest BCUT2D eigenvalue weighted by molar-refractivity contribution is 6.90. The molecule has 0 aromatic carbocycles. The van der Waals surface area contributed by atoms with E-state index in [1.54, 1.807) is 11.1 Å². The van der Waals surface area contributed by atoms with Crippen LogP contribution in [0.15, 0.2) is 31.0 Å². The van der Waals surface area contributed by atoms with E-state index in [-0.39, 0.29) is 5.91 Å². The number of carbonyl (C=O) groups excluding carboxylic acids is 1. The first-order chi connectivity index (χ1) is 13.2. The van der Waals surface area contributed by atoms with Gasteiger partial charge in [-0.2, -0.15) is 0 Å². The molecule has 0 spiro atoms. The van der Waals surface area contributed by atoms with Gasteiger partial charge < -0.3 is 5.11 Å². The molecule has 1 amide bonds. The highest BCUT2D eigenvalue weighted by Gasteiger charge is 2.42. The maximum atomic E-state index is 13.1. The van der Waals surface area contributed by atoms with Crippen LogP contribution in [0.5, 0.6) is 0 Å². The van der Waals surface area contributed by atoms with E-state index >= 15 is 0 Å². The molecular formula is C23H34N2O2Si. The maximum absolute atomic E-state index is 13.1. The van der Waals surface area contributed by atoms with Gasteiger partial charge in [-0.15, -0.1) is 12.1 Å². The van der Waals surface area contributed by atoms with Gasteiger partial charge in [0.1, 0.15) is 20.0 Å². The van der Waals surface area contributed by atoms with Crippen molar-refractivity contribution >= 4 is 19.8 Å². The predicted octanol–water partition coefficient (Wildman–Crippen LogP) is 4.36. The van der Waals surface area contributed by atoms with Crippen LogP contribution in [-0.2, 0) is 11.2 Å². The summed E-state index contributed by atoms with van der Waals surface area (Å²) >= 11 is 0. The van der Waals surface area contributed by atoms with Gasteiger partial charge in [-0.1, -0.05) is 59.6 Å². The summed E-state index contributed by atoms with van der Waals surface area (Å²) in [7, 11) is -1.97. The van der Waals surface area contributed by atoms with Gasteiger partial charge >= 0.3 is 0 Å². The molecule has 1 aromatic heterocycles. The van der Waals surface area contributed by atoms with Crippen molar-refractivity contribution in [3.63, 3.8) is 0 Å². The Kier molecular flexibility index (Phi) is 7.25. The van der Waals surface area contributed by atoms with Gasteiger partial charge in [0, 0.05) is 12.7 Å². The van der Waals surface area contributed by atoms with Crippen LogP contribution in [0, 0.1) is 17.4 Å². The highest BCUT2D eigenvalue weighted by Crippen LogP contribution is 2.40. The van der Waals surface area contributed by atoms with Gasteiger partial charge in [0.25, 0.3) is 0 Å². The Hall–Kier alpha value is -1.90. The Balaban J connectivity index is 2.30. The molecule has 28 heavy (non-hydrogen) atoms. The van der Waals surface area contributed by atoms with Crippen LogP contribution in [0.4, 0.5) is 5.82 Å². The fourth-order valence-electron chi connectivity index (χ4n) is 4.69. The number of anilines is 1. The number of amides is 1. The molecule has 4 nitrogen and oxygen atoms in total. The van der Waals surface area contributed by atoms with Crippen molar-refractivity contribution in [3.8, 4) is 11.5 Å². The standard InChI is InChI=1S/C23H34N2O2Si/c1-8-20(23(27)25-14-11-19-10-9-13-24-22(19)25)21(26)12-15-28(16(2)3,17(4)5)18(6)7/h8-10,13,16-18,20-21,26H,1,11,14H2,2-7H3/t20-,21-/m1/s1. The molecule has 2 rings (SSSR count). The number of fused-ring (bicyclic) bond motifs is 1. The van der Waals surface area contributed by atoms with Gasteiger partial charge in [0.05, 0.1) is 5.92 Å². The zero-order valence-corrected chi connectivity index (χ0v) is 19.1. The summed E-state index contributed by atoms with van der Waals surface area (Å²) in [5.74, 6) is 2.83. The predicted molar refractivity (Wildman–Crippen MR) is 119 cm³/mol. The van der Waals surface area contributed by atoms with E-state index in [4.69, 9.17) is 0 Å². The van der Waals surface area contributed by atoms with Crippen molar-refractivity contribution in [1.82, 2.24) is 4.98 Å². The van der Waals surface area contributed by atoms with Crippen LogP contribution in [0.25, 0.3) is 0 Å².